The lowest BCUT2D eigenvalue weighted by atomic mass is 10.2. The van der Waals surface area contributed by atoms with E-state index in [1.165, 1.54) is 0 Å². The molecule has 0 bridgehead atoms. The summed E-state index contributed by atoms with van der Waals surface area (Å²) < 4.78 is 0. The predicted molar refractivity (Wildman–Crippen MR) is 107 cm³/mol. The van der Waals surface area contributed by atoms with Crippen LogP contribution in [0.25, 0.3) is 10.7 Å². The number of thiazole rings is 1. The molecule has 0 N–H and O–H groups in total. The number of hydrogen-bond acceptors (Lipinski definition) is 6. The van der Waals surface area contributed by atoms with Gasteiger partial charge >= 0.3 is 0 Å². The fourth-order valence-corrected chi connectivity index (χ4v) is 4.20. The van der Waals surface area contributed by atoms with Crippen molar-refractivity contribution in [1.29, 1.82) is 0 Å². The van der Waals surface area contributed by atoms with E-state index in [0.717, 1.165) is 53.3 Å². The summed E-state index contributed by atoms with van der Waals surface area (Å²) in [6.07, 6.45) is 3.97. The van der Waals surface area contributed by atoms with Crippen molar-refractivity contribution in [1.82, 2.24) is 19.9 Å². The summed E-state index contributed by atoms with van der Waals surface area (Å²) in [5, 5.41) is 0.871. The van der Waals surface area contributed by atoms with Crippen LogP contribution in [0.5, 0.6) is 0 Å². The monoisotopic (exact) mass is 379 g/mol. The van der Waals surface area contributed by atoms with Crippen molar-refractivity contribution in [2.45, 2.75) is 13.3 Å². The third-order valence-corrected chi connectivity index (χ3v) is 5.87. The number of rotatable bonds is 4. The predicted octanol–water partition coefficient (Wildman–Crippen LogP) is 2.80. The Bertz CT molecular complexity index is 905. The minimum Gasteiger partial charge on any atom is -0.353 e. The molecule has 3 aromatic rings. The number of amides is 1. The van der Waals surface area contributed by atoms with Gasteiger partial charge in [-0.05, 0) is 31.2 Å². The van der Waals surface area contributed by atoms with Crippen molar-refractivity contribution in [3.8, 4) is 10.7 Å². The number of nitrogens with zero attached hydrogens (tertiary/aromatic N) is 5. The number of pyridine rings is 2. The number of aryl methyl sites for hydroxylation is 1. The van der Waals surface area contributed by atoms with Gasteiger partial charge in [-0.15, -0.1) is 11.3 Å². The molecule has 0 unspecified atom stereocenters. The number of anilines is 1. The van der Waals surface area contributed by atoms with Gasteiger partial charge in [-0.3, -0.25) is 9.78 Å². The van der Waals surface area contributed by atoms with Crippen LogP contribution < -0.4 is 4.90 Å². The molecule has 4 rings (SSSR count). The van der Waals surface area contributed by atoms with Crippen molar-refractivity contribution in [2.24, 2.45) is 0 Å². The molecule has 0 spiro atoms. The SMILES string of the molecule is Cc1nc(-c2ccccn2)sc1CC(=O)N1CCN(c2ccccn2)CC1. The first-order valence-electron chi connectivity index (χ1n) is 9.02. The summed E-state index contributed by atoms with van der Waals surface area (Å²) in [4.78, 5) is 31.3. The molecular weight excluding hydrogens is 358 g/mol. The van der Waals surface area contributed by atoms with Crippen molar-refractivity contribution in [2.75, 3.05) is 31.1 Å². The molecule has 1 aliphatic rings. The molecule has 6 nitrogen and oxygen atoms in total. The first-order chi connectivity index (χ1) is 13.2. The van der Waals surface area contributed by atoms with E-state index < -0.39 is 0 Å². The van der Waals surface area contributed by atoms with Crippen molar-refractivity contribution in [3.05, 3.63) is 59.4 Å². The molecule has 0 radical (unpaired) electrons. The van der Waals surface area contributed by atoms with E-state index in [-0.39, 0.29) is 5.91 Å². The van der Waals surface area contributed by atoms with Gasteiger partial charge in [0.2, 0.25) is 5.91 Å². The normalized spacial score (nSPS) is 14.4. The van der Waals surface area contributed by atoms with Gasteiger partial charge in [-0.2, -0.15) is 0 Å². The second-order valence-corrected chi connectivity index (χ2v) is 7.56. The van der Waals surface area contributed by atoms with Gasteiger partial charge in [0.25, 0.3) is 0 Å². The molecule has 138 valence electrons. The Labute approximate surface area is 162 Å². The Hall–Kier alpha value is -2.80. The number of hydrogen-bond donors (Lipinski definition) is 0. The third-order valence-electron chi connectivity index (χ3n) is 4.69. The van der Waals surface area contributed by atoms with Gasteiger partial charge in [0.15, 0.2) is 0 Å². The zero-order valence-electron chi connectivity index (χ0n) is 15.2. The summed E-state index contributed by atoms with van der Waals surface area (Å²) in [5.74, 6) is 1.14. The highest BCUT2D eigenvalue weighted by Crippen LogP contribution is 2.27. The van der Waals surface area contributed by atoms with Crippen LogP contribution in [-0.2, 0) is 11.2 Å². The molecule has 0 saturated carbocycles. The van der Waals surface area contributed by atoms with Crippen LogP contribution in [0.3, 0.4) is 0 Å². The molecule has 0 aromatic carbocycles. The molecule has 1 saturated heterocycles. The van der Waals surface area contributed by atoms with Crippen LogP contribution in [-0.4, -0.2) is 51.9 Å². The first kappa shape index (κ1) is 17.6. The molecule has 7 heteroatoms. The van der Waals surface area contributed by atoms with Gasteiger partial charge in [-0.1, -0.05) is 12.1 Å². The van der Waals surface area contributed by atoms with Crippen molar-refractivity contribution < 1.29 is 4.79 Å². The smallest absolute Gasteiger partial charge is 0.228 e. The van der Waals surface area contributed by atoms with Crippen molar-refractivity contribution in [3.63, 3.8) is 0 Å². The van der Waals surface area contributed by atoms with Gasteiger partial charge < -0.3 is 9.80 Å². The Balaban J connectivity index is 1.38. The van der Waals surface area contributed by atoms with Crippen LogP contribution in [0, 0.1) is 6.92 Å². The Morgan fingerprint density at radius 1 is 1.04 bits per heavy atom. The van der Waals surface area contributed by atoms with E-state index in [4.69, 9.17) is 0 Å². The van der Waals surface area contributed by atoms with Crippen LogP contribution in [0.1, 0.15) is 10.6 Å². The second-order valence-electron chi connectivity index (χ2n) is 6.48. The van der Waals surface area contributed by atoms with Crippen LogP contribution >= 0.6 is 11.3 Å². The van der Waals surface area contributed by atoms with Gasteiger partial charge in [-0.25, -0.2) is 9.97 Å². The van der Waals surface area contributed by atoms with E-state index in [0.29, 0.717) is 6.42 Å². The highest BCUT2D eigenvalue weighted by atomic mass is 32.1. The lowest BCUT2D eigenvalue weighted by Crippen LogP contribution is -2.49. The van der Waals surface area contributed by atoms with Gasteiger partial charge in [0, 0.05) is 43.4 Å². The van der Waals surface area contributed by atoms with E-state index in [1.807, 2.05) is 48.2 Å². The lowest BCUT2D eigenvalue weighted by molar-refractivity contribution is -0.130. The molecule has 4 heterocycles. The number of carbonyl (C=O) groups is 1. The lowest BCUT2D eigenvalue weighted by Gasteiger charge is -2.35. The summed E-state index contributed by atoms with van der Waals surface area (Å²) >= 11 is 1.56. The maximum absolute atomic E-state index is 12.8. The van der Waals surface area contributed by atoms with Crippen LogP contribution in [0.2, 0.25) is 0 Å². The molecule has 0 atom stereocenters. The van der Waals surface area contributed by atoms with E-state index in [9.17, 15) is 4.79 Å². The molecule has 1 amide bonds. The zero-order chi connectivity index (χ0) is 18.6. The molecule has 1 fully saturated rings. The van der Waals surface area contributed by atoms with Crippen molar-refractivity contribution >= 4 is 23.1 Å². The molecule has 27 heavy (non-hydrogen) atoms. The molecule has 3 aromatic heterocycles. The van der Waals surface area contributed by atoms with Gasteiger partial charge in [0.1, 0.15) is 10.8 Å². The third kappa shape index (κ3) is 3.98. The number of carbonyl (C=O) groups excluding carboxylic acids is 1. The van der Waals surface area contributed by atoms with E-state index >= 15 is 0 Å². The first-order valence-corrected chi connectivity index (χ1v) is 9.84. The highest BCUT2D eigenvalue weighted by Gasteiger charge is 2.23. The maximum Gasteiger partial charge on any atom is 0.228 e. The van der Waals surface area contributed by atoms with E-state index in [1.54, 1.807) is 23.7 Å². The Morgan fingerprint density at radius 3 is 2.44 bits per heavy atom. The summed E-state index contributed by atoms with van der Waals surface area (Å²) in [5.41, 5.74) is 1.77. The highest BCUT2D eigenvalue weighted by molar-refractivity contribution is 7.15. The standard InChI is InChI=1S/C20H21N5OS/c1-15-17(27-20(23-15)16-6-2-4-8-21-16)14-19(26)25-12-10-24(11-13-25)18-7-3-5-9-22-18/h2-9H,10-14H2,1H3. The topological polar surface area (TPSA) is 62.2 Å². The maximum atomic E-state index is 12.8. The van der Waals surface area contributed by atoms with Crippen LogP contribution in [0.4, 0.5) is 5.82 Å². The number of aromatic nitrogens is 3. The fourth-order valence-electron chi connectivity index (χ4n) is 3.17. The quantitative estimate of drug-likeness (QED) is 0.698. The average Bonchev–Trinajstić information content (AvgIpc) is 3.10. The zero-order valence-corrected chi connectivity index (χ0v) is 16.0. The van der Waals surface area contributed by atoms with E-state index in [2.05, 4.69) is 19.9 Å². The number of piperazine rings is 1. The summed E-state index contributed by atoms with van der Waals surface area (Å²) in [7, 11) is 0. The molecule has 1 aliphatic heterocycles. The molecular formula is C20H21N5OS. The Kier molecular flexibility index (Phi) is 5.11. The van der Waals surface area contributed by atoms with Crippen LogP contribution in [0.15, 0.2) is 48.8 Å². The summed E-state index contributed by atoms with van der Waals surface area (Å²) in [6.45, 7) is 5.03. The van der Waals surface area contributed by atoms with Gasteiger partial charge in [0.05, 0.1) is 17.8 Å². The molecule has 0 aliphatic carbocycles. The average molecular weight is 379 g/mol. The summed E-state index contributed by atoms with van der Waals surface area (Å²) in [6, 6.07) is 11.7. The minimum atomic E-state index is 0.162. The fraction of sp³-hybridized carbons (Fsp3) is 0.300. The largest absolute Gasteiger partial charge is 0.353 e. The Morgan fingerprint density at radius 2 is 1.78 bits per heavy atom. The minimum absolute atomic E-state index is 0.162. The second kappa shape index (κ2) is 7.84.